The van der Waals surface area contributed by atoms with Crippen molar-refractivity contribution < 1.29 is 32.2 Å². The highest BCUT2D eigenvalue weighted by atomic mass is 31.2. The van der Waals surface area contributed by atoms with Crippen molar-refractivity contribution in [1.29, 1.82) is 0 Å². The molecule has 2 saturated heterocycles. The van der Waals surface area contributed by atoms with Gasteiger partial charge in [-0.05, 0) is 12.1 Å². The SMILES string of the molecule is O=c1[nH]c(=O)n(C[C@H]2C[C@@H]3OP(=O)(Oc4ccc([N+](=O)[O-])cc4)OC[C@H]3O2)cc1F. The summed E-state index contributed by atoms with van der Waals surface area (Å²) in [7, 11) is -4.00. The van der Waals surface area contributed by atoms with Crippen molar-refractivity contribution >= 4 is 13.5 Å². The molecule has 1 N–H and O–H groups in total. The first-order valence-corrected chi connectivity index (χ1v) is 10.2. The lowest BCUT2D eigenvalue weighted by molar-refractivity contribution is -0.384. The maximum Gasteiger partial charge on any atom is 0.530 e. The fourth-order valence-corrected chi connectivity index (χ4v) is 4.60. The number of phosphoric acid groups is 1. The molecule has 14 heteroatoms. The van der Waals surface area contributed by atoms with Gasteiger partial charge in [0.2, 0.25) is 5.82 Å². The van der Waals surface area contributed by atoms with Crippen molar-refractivity contribution in [3.63, 3.8) is 0 Å². The summed E-state index contributed by atoms with van der Waals surface area (Å²) in [6.45, 7) is -0.170. The normalized spacial score (nSPS) is 28.1. The molecule has 160 valence electrons. The van der Waals surface area contributed by atoms with Gasteiger partial charge < -0.3 is 9.26 Å². The van der Waals surface area contributed by atoms with Gasteiger partial charge >= 0.3 is 13.5 Å². The topological polar surface area (TPSA) is 152 Å². The van der Waals surface area contributed by atoms with Crippen molar-refractivity contribution in [2.45, 2.75) is 31.3 Å². The third kappa shape index (κ3) is 4.19. The van der Waals surface area contributed by atoms with Crippen LogP contribution in [0.25, 0.3) is 0 Å². The lowest BCUT2D eigenvalue weighted by atomic mass is 10.1. The number of nitrogens with zero attached hydrogens (tertiary/aromatic N) is 2. The first-order chi connectivity index (χ1) is 14.2. The van der Waals surface area contributed by atoms with E-state index in [0.29, 0.717) is 0 Å². The molecule has 0 bridgehead atoms. The molecule has 0 saturated carbocycles. The average molecular weight is 443 g/mol. The van der Waals surface area contributed by atoms with Crippen LogP contribution in [0.1, 0.15) is 6.42 Å². The number of nitrogens with one attached hydrogen (secondary N) is 1. The molecule has 1 aromatic heterocycles. The van der Waals surface area contributed by atoms with Crippen molar-refractivity contribution in [2.75, 3.05) is 6.61 Å². The van der Waals surface area contributed by atoms with Crippen LogP contribution < -0.4 is 15.8 Å². The fraction of sp³-hybridized carbons (Fsp3) is 0.375. The van der Waals surface area contributed by atoms with E-state index in [-0.39, 0.29) is 31.0 Å². The summed E-state index contributed by atoms with van der Waals surface area (Å²) < 4.78 is 48.8. The van der Waals surface area contributed by atoms with Crippen LogP contribution in [0.15, 0.2) is 40.1 Å². The molecule has 2 aromatic rings. The smallest absolute Gasteiger partial charge is 0.404 e. The molecule has 0 aliphatic carbocycles. The Morgan fingerprint density at radius 3 is 2.73 bits per heavy atom. The average Bonchev–Trinajstić information content (AvgIpc) is 3.07. The number of rotatable bonds is 5. The molecule has 2 fully saturated rings. The number of hydrogen-bond acceptors (Lipinski definition) is 9. The molecule has 3 heterocycles. The number of non-ortho nitro benzene ring substituents is 1. The number of benzene rings is 1. The third-order valence-electron chi connectivity index (χ3n) is 4.57. The predicted molar refractivity (Wildman–Crippen MR) is 96.7 cm³/mol. The Morgan fingerprint density at radius 2 is 2.03 bits per heavy atom. The van der Waals surface area contributed by atoms with Crippen molar-refractivity contribution in [1.82, 2.24) is 9.55 Å². The number of hydrogen-bond donors (Lipinski definition) is 1. The number of H-pyrrole nitrogens is 1. The lowest BCUT2D eigenvalue weighted by Crippen LogP contribution is -2.34. The lowest BCUT2D eigenvalue weighted by Gasteiger charge is -2.29. The molecule has 2 aliphatic heterocycles. The van der Waals surface area contributed by atoms with Crippen LogP contribution in [0.5, 0.6) is 5.75 Å². The van der Waals surface area contributed by atoms with E-state index in [9.17, 15) is 28.7 Å². The Kier molecular flexibility index (Phi) is 5.28. The van der Waals surface area contributed by atoms with Crippen LogP contribution in [0, 0.1) is 15.9 Å². The number of halogens is 1. The van der Waals surface area contributed by atoms with Crippen molar-refractivity contribution in [3.05, 3.63) is 67.2 Å². The largest absolute Gasteiger partial charge is 0.530 e. The first-order valence-electron chi connectivity index (χ1n) is 8.74. The Labute approximate surface area is 166 Å². The van der Waals surface area contributed by atoms with Gasteiger partial charge in [0.15, 0.2) is 0 Å². The van der Waals surface area contributed by atoms with E-state index >= 15 is 0 Å². The second kappa shape index (κ2) is 7.76. The molecule has 0 spiro atoms. The highest BCUT2D eigenvalue weighted by Crippen LogP contribution is 2.55. The van der Waals surface area contributed by atoms with Crippen LogP contribution in [0.3, 0.4) is 0 Å². The number of ether oxygens (including phenoxy) is 1. The zero-order valence-electron chi connectivity index (χ0n) is 15.1. The van der Waals surface area contributed by atoms with Gasteiger partial charge in [0.1, 0.15) is 18.0 Å². The number of phosphoric ester groups is 1. The van der Waals surface area contributed by atoms with Gasteiger partial charge in [-0.25, -0.2) is 9.36 Å². The quantitative estimate of drug-likeness (QED) is 0.410. The van der Waals surface area contributed by atoms with Gasteiger partial charge in [-0.1, -0.05) is 0 Å². The summed E-state index contributed by atoms with van der Waals surface area (Å²) in [5.41, 5.74) is -2.06. The van der Waals surface area contributed by atoms with Gasteiger partial charge in [0, 0.05) is 18.6 Å². The Bertz CT molecular complexity index is 1130. The van der Waals surface area contributed by atoms with Gasteiger partial charge in [-0.15, -0.1) is 0 Å². The molecule has 0 amide bonds. The minimum atomic E-state index is -4.00. The molecular weight excluding hydrogens is 428 g/mol. The van der Waals surface area contributed by atoms with Crippen LogP contribution in [0.4, 0.5) is 10.1 Å². The standard InChI is InChI=1S/C16H15FN3O9P/c17-12-7-19(16(22)18-15(12)21)6-11-5-13-14(27-11)8-26-30(25,29-13)28-10-3-1-9(2-4-10)20(23)24/h1-4,7,11,13-14H,5-6,8H2,(H,18,21,22)/t11-,13+,14-,30?/m1/s1. The molecule has 1 aromatic carbocycles. The van der Waals surface area contributed by atoms with E-state index in [1.807, 2.05) is 4.98 Å². The number of aromatic nitrogens is 2. The summed E-state index contributed by atoms with van der Waals surface area (Å²) in [6, 6.07) is 4.90. The number of nitro benzene ring substituents is 1. The molecular formula is C16H15FN3O9P. The van der Waals surface area contributed by atoms with E-state index < -0.39 is 48.1 Å². The zero-order chi connectivity index (χ0) is 21.5. The molecule has 12 nitrogen and oxygen atoms in total. The first kappa shape index (κ1) is 20.4. The summed E-state index contributed by atoms with van der Waals surface area (Å²) in [6.07, 6.45) is -0.837. The van der Waals surface area contributed by atoms with E-state index in [0.717, 1.165) is 10.8 Å². The number of nitro groups is 1. The van der Waals surface area contributed by atoms with Gasteiger partial charge in [0.25, 0.3) is 11.2 Å². The number of fused-ring (bicyclic) bond motifs is 1. The molecule has 4 rings (SSSR count). The summed E-state index contributed by atoms with van der Waals surface area (Å²) in [4.78, 5) is 34.9. The van der Waals surface area contributed by atoms with Gasteiger partial charge in [-0.2, -0.15) is 4.39 Å². The molecule has 4 atom stereocenters. The Morgan fingerprint density at radius 1 is 1.30 bits per heavy atom. The second-order valence-corrected chi connectivity index (χ2v) is 8.20. The van der Waals surface area contributed by atoms with Crippen LogP contribution in [-0.4, -0.2) is 39.4 Å². The molecule has 2 aliphatic rings. The van der Waals surface area contributed by atoms with E-state index in [4.69, 9.17) is 18.3 Å². The van der Waals surface area contributed by atoms with E-state index in [1.165, 1.54) is 24.3 Å². The zero-order valence-corrected chi connectivity index (χ0v) is 16.0. The highest BCUT2D eigenvalue weighted by molar-refractivity contribution is 7.49. The summed E-state index contributed by atoms with van der Waals surface area (Å²) >= 11 is 0. The highest BCUT2D eigenvalue weighted by Gasteiger charge is 2.48. The monoisotopic (exact) mass is 443 g/mol. The minimum absolute atomic E-state index is 0.0591. The fourth-order valence-electron chi connectivity index (χ4n) is 3.18. The summed E-state index contributed by atoms with van der Waals surface area (Å²) in [5.74, 6) is -1.04. The van der Waals surface area contributed by atoms with Crippen molar-refractivity contribution in [3.8, 4) is 5.75 Å². The van der Waals surface area contributed by atoms with Crippen LogP contribution in [0.2, 0.25) is 0 Å². The maximum absolute atomic E-state index is 13.4. The minimum Gasteiger partial charge on any atom is -0.404 e. The molecule has 30 heavy (non-hydrogen) atoms. The van der Waals surface area contributed by atoms with Crippen LogP contribution in [-0.2, 0) is 24.9 Å². The summed E-state index contributed by atoms with van der Waals surface area (Å²) in [5, 5.41) is 10.7. The van der Waals surface area contributed by atoms with Crippen LogP contribution >= 0.6 is 7.82 Å². The second-order valence-electron chi connectivity index (χ2n) is 6.65. The van der Waals surface area contributed by atoms with E-state index in [2.05, 4.69) is 0 Å². The number of aromatic amines is 1. The molecule has 1 unspecified atom stereocenters. The molecule has 0 radical (unpaired) electrons. The van der Waals surface area contributed by atoms with Gasteiger partial charge in [0.05, 0.1) is 30.4 Å². The Hall–Kier alpha value is -2.86. The third-order valence-corrected chi connectivity index (χ3v) is 6.00. The Balaban J connectivity index is 1.41. The van der Waals surface area contributed by atoms with E-state index in [1.54, 1.807) is 0 Å². The van der Waals surface area contributed by atoms with Crippen molar-refractivity contribution in [2.24, 2.45) is 0 Å². The van der Waals surface area contributed by atoms with Gasteiger partial charge in [-0.3, -0.25) is 33.5 Å². The predicted octanol–water partition coefficient (Wildman–Crippen LogP) is 1.34. The maximum atomic E-state index is 13.4.